The van der Waals surface area contributed by atoms with Crippen LogP contribution in [0.3, 0.4) is 0 Å². The summed E-state index contributed by atoms with van der Waals surface area (Å²) in [4.78, 5) is 13.3. The van der Waals surface area contributed by atoms with Crippen LogP contribution in [0, 0.1) is 0 Å². The molecular formula is C13H19NO3. The highest BCUT2D eigenvalue weighted by Crippen LogP contribution is 2.11. The molecule has 4 nitrogen and oxygen atoms in total. The minimum atomic E-state index is -0.0493. The van der Waals surface area contributed by atoms with Gasteiger partial charge in [-0.1, -0.05) is 12.1 Å². The summed E-state index contributed by atoms with van der Waals surface area (Å²) in [6, 6.07) is 6.81. The summed E-state index contributed by atoms with van der Waals surface area (Å²) >= 11 is 0. The fourth-order valence-corrected chi connectivity index (χ4v) is 1.31. The second-order valence-corrected chi connectivity index (χ2v) is 4.28. The standard InChI is InChI=1S/C13H19NO3/c1-10(2)17-9-13(16)14(3)8-11-4-6-12(15)7-5-11/h4-7,10,15H,8-9H2,1-3H3. The Kier molecular flexibility index (Phi) is 4.97. The number of nitrogens with zero attached hydrogens (tertiary/aromatic N) is 1. The molecule has 17 heavy (non-hydrogen) atoms. The summed E-state index contributed by atoms with van der Waals surface area (Å²) in [5, 5.41) is 9.14. The van der Waals surface area contributed by atoms with Crippen LogP contribution in [0.25, 0.3) is 0 Å². The van der Waals surface area contributed by atoms with Crippen LogP contribution in [0.2, 0.25) is 0 Å². The lowest BCUT2D eigenvalue weighted by molar-refractivity contribution is -0.136. The molecule has 0 aliphatic carbocycles. The zero-order chi connectivity index (χ0) is 12.8. The van der Waals surface area contributed by atoms with Crippen molar-refractivity contribution in [2.75, 3.05) is 13.7 Å². The molecule has 0 aromatic heterocycles. The third-order valence-electron chi connectivity index (χ3n) is 2.32. The molecule has 1 aromatic carbocycles. The first-order valence-corrected chi connectivity index (χ1v) is 5.62. The molecule has 4 heteroatoms. The molecule has 0 bridgehead atoms. The van der Waals surface area contributed by atoms with Gasteiger partial charge in [-0.2, -0.15) is 0 Å². The lowest BCUT2D eigenvalue weighted by atomic mass is 10.2. The maximum atomic E-state index is 11.7. The third-order valence-corrected chi connectivity index (χ3v) is 2.32. The van der Waals surface area contributed by atoms with Gasteiger partial charge in [-0.05, 0) is 31.5 Å². The fraction of sp³-hybridized carbons (Fsp3) is 0.462. The molecule has 1 aromatic rings. The summed E-state index contributed by atoms with van der Waals surface area (Å²) in [5.41, 5.74) is 0.975. The highest BCUT2D eigenvalue weighted by molar-refractivity contribution is 5.77. The summed E-state index contributed by atoms with van der Waals surface area (Å²) in [7, 11) is 1.73. The van der Waals surface area contributed by atoms with Crippen molar-refractivity contribution in [2.45, 2.75) is 26.5 Å². The predicted octanol–water partition coefficient (Wildman–Crippen LogP) is 1.78. The summed E-state index contributed by atoms with van der Waals surface area (Å²) < 4.78 is 5.25. The minimum Gasteiger partial charge on any atom is -0.508 e. The van der Waals surface area contributed by atoms with Gasteiger partial charge >= 0.3 is 0 Å². The maximum Gasteiger partial charge on any atom is 0.248 e. The monoisotopic (exact) mass is 237 g/mol. The third kappa shape index (κ3) is 4.87. The molecule has 0 atom stereocenters. The number of likely N-dealkylation sites (N-methyl/N-ethyl adjacent to an activating group) is 1. The average molecular weight is 237 g/mol. The molecule has 0 aliphatic heterocycles. The Morgan fingerprint density at radius 3 is 2.47 bits per heavy atom. The van der Waals surface area contributed by atoms with E-state index < -0.39 is 0 Å². The van der Waals surface area contributed by atoms with E-state index >= 15 is 0 Å². The van der Waals surface area contributed by atoms with Gasteiger partial charge in [0.1, 0.15) is 12.4 Å². The minimum absolute atomic E-state index is 0.0493. The van der Waals surface area contributed by atoms with Gasteiger partial charge in [0.25, 0.3) is 0 Å². The van der Waals surface area contributed by atoms with Crippen molar-refractivity contribution in [3.05, 3.63) is 29.8 Å². The molecule has 0 aliphatic rings. The molecule has 0 fully saturated rings. The number of carbonyl (C=O) groups excluding carboxylic acids is 1. The van der Waals surface area contributed by atoms with Gasteiger partial charge in [0.05, 0.1) is 6.10 Å². The molecule has 0 unspecified atom stereocenters. The van der Waals surface area contributed by atoms with Crippen LogP contribution in [-0.4, -0.2) is 35.7 Å². The lowest BCUT2D eigenvalue weighted by Gasteiger charge is -2.18. The van der Waals surface area contributed by atoms with Crippen LogP contribution >= 0.6 is 0 Å². The van der Waals surface area contributed by atoms with Crippen molar-refractivity contribution < 1.29 is 14.6 Å². The van der Waals surface area contributed by atoms with Crippen LogP contribution < -0.4 is 0 Å². The number of carbonyl (C=O) groups is 1. The smallest absolute Gasteiger partial charge is 0.248 e. The second-order valence-electron chi connectivity index (χ2n) is 4.28. The number of amides is 1. The number of phenols is 1. The highest BCUT2D eigenvalue weighted by atomic mass is 16.5. The number of benzene rings is 1. The zero-order valence-electron chi connectivity index (χ0n) is 10.5. The number of aromatic hydroxyl groups is 1. The van der Waals surface area contributed by atoms with E-state index in [0.717, 1.165) is 5.56 Å². The first-order valence-electron chi connectivity index (χ1n) is 5.62. The molecule has 1 N–H and O–H groups in total. The predicted molar refractivity (Wildman–Crippen MR) is 65.7 cm³/mol. The van der Waals surface area contributed by atoms with E-state index in [1.807, 2.05) is 13.8 Å². The Balaban J connectivity index is 2.45. The molecule has 0 radical (unpaired) electrons. The molecular weight excluding hydrogens is 218 g/mol. The molecule has 0 saturated carbocycles. The van der Waals surface area contributed by atoms with Crippen molar-refractivity contribution in [1.29, 1.82) is 0 Å². The van der Waals surface area contributed by atoms with Crippen LogP contribution in [0.4, 0.5) is 0 Å². The van der Waals surface area contributed by atoms with Crippen molar-refractivity contribution in [2.24, 2.45) is 0 Å². The Hall–Kier alpha value is -1.55. The van der Waals surface area contributed by atoms with Crippen LogP contribution in [0.1, 0.15) is 19.4 Å². The maximum absolute atomic E-state index is 11.7. The topological polar surface area (TPSA) is 49.8 Å². The van der Waals surface area contributed by atoms with Gasteiger partial charge in [-0.15, -0.1) is 0 Å². The quantitative estimate of drug-likeness (QED) is 0.849. The number of phenolic OH excluding ortho intramolecular Hbond substituents is 1. The van der Waals surface area contributed by atoms with Gasteiger partial charge in [0.2, 0.25) is 5.91 Å². The van der Waals surface area contributed by atoms with E-state index in [0.29, 0.717) is 6.54 Å². The van der Waals surface area contributed by atoms with E-state index in [1.165, 1.54) is 0 Å². The van der Waals surface area contributed by atoms with Crippen LogP contribution in [0.5, 0.6) is 5.75 Å². The Morgan fingerprint density at radius 2 is 1.94 bits per heavy atom. The number of ether oxygens (including phenoxy) is 1. The molecule has 0 spiro atoms. The summed E-state index contributed by atoms with van der Waals surface area (Å²) in [6.07, 6.45) is 0.0565. The molecule has 0 heterocycles. The van der Waals surface area contributed by atoms with E-state index in [1.54, 1.807) is 36.2 Å². The van der Waals surface area contributed by atoms with Gasteiger partial charge in [0.15, 0.2) is 0 Å². The lowest BCUT2D eigenvalue weighted by Crippen LogP contribution is -2.30. The van der Waals surface area contributed by atoms with Crippen molar-refractivity contribution in [3.8, 4) is 5.75 Å². The summed E-state index contributed by atoms with van der Waals surface area (Å²) in [5.74, 6) is 0.178. The number of rotatable bonds is 5. The molecule has 0 saturated heterocycles. The first kappa shape index (κ1) is 13.5. The van der Waals surface area contributed by atoms with E-state index in [9.17, 15) is 4.79 Å². The molecule has 1 rings (SSSR count). The Labute approximate surface area is 102 Å². The highest BCUT2D eigenvalue weighted by Gasteiger charge is 2.10. The van der Waals surface area contributed by atoms with Gasteiger partial charge in [-0.3, -0.25) is 4.79 Å². The largest absolute Gasteiger partial charge is 0.508 e. The van der Waals surface area contributed by atoms with Crippen LogP contribution in [0.15, 0.2) is 24.3 Å². The van der Waals surface area contributed by atoms with E-state index in [-0.39, 0.29) is 24.4 Å². The molecule has 94 valence electrons. The zero-order valence-corrected chi connectivity index (χ0v) is 10.5. The fourth-order valence-electron chi connectivity index (χ4n) is 1.31. The van der Waals surface area contributed by atoms with Crippen molar-refractivity contribution in [3.63, 3.8) is 0 Å². The van der Waals surface area contributed by atoms with Crippen LogP contribution in [-0.2, 0) is 16.1 Å². The SMILES string of the molecule is CC(C)OCC(=O)N(C)Cc1ccc(O)cc1. The van der Waals surface area contributed by atoms with Gasteiger partial charge in [-0.25, -0.2) is 0 Å². The normalized spacial score (nSPS) is 10.6. The first-order chi connectivity index (χ1) is 7.99. The van der Waals surface area contributed by atoms with Crippen molar-refractivity contribution >= 4 is 5.91 Å². The Morgan fingerprint density at radius 1 is 1.35 bits per heavy atom. The summed E-state index contributed by atoms with van der Waals surface area (Å²) in [6.45, 7) is 4.41. The van der Waals surface area contributed by atoms with Gasteiger partial charge < -0.3 is 14.7 Å². The number of hydrogen-bond donors (Lipinski definition) is 1. The van der Waals surface area contributed by atoms with Gasteiger partial charge in [0, 0.05) is 13.6 Å². The van der Waals surface area contributed by atoms with E-state index in [4.69, 9.17) is 9.84 Å². The average Bonchev–Trinajstić information content (AvgIpc) is 2.28. The van der Waals surface area contributed by atoms with Crippen molar-refractivity contribution in [1.82, 2.24) is 4.90 Å². The molecule has 1 amide bonds. The second kappa shape index (κ2) is 6.25. The Bertz CT molecular complexity index is 359. The number of hydrogen-bond acceptors (Lipinski definition) is 3. The van der Waals surface area contributed by atoms with E-state index in [2.05, 4.69) is 0 Å².